The summed E-state index contributed by atoms with van der Waals surface area (Å²) in [5.41, 5.74) is 5.91. The number of carbonyl (C=O) groups is 2. The zero-order valence-electron chi connectivity index (χ0n) is 12.2. The van der Waals surface area contributed by atoms with Crippen molar-refractivity contribution in [2.24, 2.45) is 5.73 Å². The standard InChI is InChI=1S/C14H26N4O2/c1-2-18(12-7-3-10(15)4-8-12)9-13(19)17-14(20)16-11-5-6-11/h10-12H,2-9,15H2,1H3,(H2,16,17,19,20). The minimum atomic E-state index is -0.362. The van der Waals surface area contributed by atoms with Crippen LogP contribution < -0.4 is 16.4 Å². The van der Waals surface area contributed by atoms with Crippen LogP contribution in [0.15, 0.2) is 0 Å². The second-order valence-electron chi connectivity index (χ2n) is 5.93. The second-order valence-corrected chi connectivity index (χ2v) is 5.93. The predicted molar refractivity (Wildman–Crippen MR) is 77.2 cm³/mol. The van der Waals surface area contributed by atoms with Gasteiger partial charge in [0.15, 0.2) is 0 Å². The Hall–Kier alpha value is -1.14. The lowest BCUT2D eigenvalue weighted by Gasteiger charge is -2.34. The van der Waals surface area contributed by atoms with Gasteiger partial charge in [-0.05, 0) is 45.1 Å². The molecule has 0 spiro atoms. The highest BCUT2D eigenvalue weighted by Crippen LogP contribution is 2.21. The molecule has 6 nitrogen and oxygen atoms in total. The molecule has 2 fully saturated rings. The van der Waals surface area contributed by atoms with Gasteiger partial charge in [0.25, 0.3) is 0 Å². The molecular formula is C14H26N4O2. The van der Waals surface area contributed by atoms with Crippen LogP contribution in [0.5, 0.6) is 0 Å². The van der Waals surface area contributed by atoms with E-state index < -0.39 is 0 Å². The van der Waals surface area contributed by atoms with E-state index >= 15 is 0 Å². The van der Waals surface area contributed by atoms with E-state index in [9.17, 15) is 9.59 Å². The van der Waals surface area contributed by atoms with Crippen LogP contribution in [0.2, 0.25) is 0 Å². The molecule has 4 N–H and O–H groups in total. The number of rotatable bonds is 5. The molecule has 3 amide bonds. The number of hydrogen-bond acceptors (Lipinski definition) is 4. The van der Waals surface area contributed by atoms with Gasteiger partial charge in [0.2, 0.25) is 5.91 Å². The summed E-state index contributed by atoms with van der Waals surface area (Å²) in [6.07, 6.45) is 6.15. The Morgan fingerprint density at radius 3 is 2.35 bits per heavy atom. The Morgan fingerprint density at radius 2 is 1.80 bits per heavy atom. The van der Waals surface area contributed by atoms with Gasteiger partial charge in [-0.25, -0.2) is 4.79 Å². The number of imide groups is 1. The average Bonchev–Trinajstić information content (AvgIpc) is 3.20. The highest BCUT2D eigenvalue weighted by atomic mass is 16.2. The summed E-state index contributed by atoms with van der Waals surface area (Å²) < 4.78 is 0. The lowest BCUT2D eigenvalue weighted by atomic mass is 9.91. The van der Waals surface area contributed by atoms with Crippen molar-refractivity contribution in [3.63, 3.8) is 0 Å². The lowest BCUT2D eigenvalue weighted by molar-refractivity contribution is -0.121. The van der Waals surface area contributed by atoms with Crippen LogP contribution >= 0.6 is 0 Å². The van der Waals surface area contributed by atoms with Crippen LogP contribution in [-0.4, -0.2) is 48.1 Å². The third-order valence-electron chi connectivity index (χ3n) is 4.18. The third-order valence-corrected chi connectivity index (χ3v) is 4.18. The molecule has 0 unspecified atom stereocenters. The first kappa shape index (κ1) is 15.3. The number of amides is 3. The summed E-state index contributed by atoms with van der Waals surface area (Å²) in [7, 11) is 0. The lowest BCUT2D eigenvalue weighted by Crippen LogP contribution is -2.48. The number of nitrogens with two attached hydrogens (primary N) is 1. The minimum absolute atomic E-state index is 0.222. The summed E-state index contributed by atoms with van der Waals surface area (Å²) in [5, 5.41) is 5.16. The highest BCUT2D eigenvalue weighted by Gasteiger charge is 2.26. The molecule has 0 atom stereocenters. The fraction of sp³-hybridized carbons (Fsp3) is 0.857. The SMILES string of the molecule is CCN(CC(=O)NC(=O)NC1CC1)C1CCC(N)CC1. The molecule has 20 heavy (non-hydrogen) atoms. The normalized spacial score (nSPS) is 26.4. The first-order valence-corrected chi connectivity index (χ1v) is 7.68. The number of carbonyl (C=O) groups excluding carboxylic acids is 2. The predicted octanol–water partition coefficient (Wildman–Crippen LogP) is 0.566. The minimum Gasteiger partial charge on any atom is -0.335 e. The van der Waals surface area contributed by atoms with Gasteiger partial charge in [-0.15, -0.1) is 0 Å². The number of nitrogens with zero attached hydrogens (tertiary/aromatic N) is 1. The van der Waals surface area contributed by atoms with Crippen molar-refractivity contribution in [1.29, 1.82) is 0 Å². The van der Waals surface area contributed by atoms with Gasteiger partial charge in [-0.1, -0.05) is 6.92 Å². The maximum Gasteiger partial charge on any atom is 0.321 e. The monoisotopic (exact) mass is 282 g/mol. The van der Waals surface area contributed by atoms with Crippen molar-refractivity contribution in [3.8, 4) is 0 Å². The third kappa shape index (κ3) is 4.76. The highest BCUT2D eigenvalue weighted by molar-refractivity contribution is 5.95. The molecule has 0 aromatic carbocycles. The maximum absolute atomic E-state index is 11.9. The largest absolute Gasteiger partial charge is 0.335 e. The van der Waals surface area contributed by atoms with E-state index in [-0.39, 0.29) is 24.5 Å². The number of nitrogens with one attached hydrogen (secondary N) is 2. The molecule has 2 aliphatic rings. The average molecular weight is 282 g/mol. The summed E-state index contributed by atoms with van der Waals surface area (Å²) in [6, 6.07) is 0.629. The first-order valence-electron chi connectivity index (χ1n) is 7.68. The summed E-state index contributed by atoms with van der Waals surface area (Å²) >= 11 is 0. The quantitative estimate of drug-likeness (QED) is 0.688. The number of likely N-dealkylation sites (N-methyl/N-ethyl adjacent to an activating group) is 1. The van der Waals surface area contributed by atoms with Crippen molar-refractivity contribution in [1.82, 2.24) is 15.5 Å². The second kappa shape index (κ2) is 7.04. The van der Waals surface area contributed by atoms with Gasteiger partial charge in [0.05, 0.1) is 6.54 Å². The molecular weight excluding hydrogens is 256 g/mol. The van der Waals surface area contributed by atoms with Crippen molar-refractivity contribution >= 4 is 11.9 Å². The van der Waals surface area contributed by atoms with Crippen LogP contribution in [0.25, 0.3) is 0 Å². The van der Waals surface area contributed by atoms with E-state index in [0.29, 0.717) is 12.1 Å². The maximum atomic E-state index is 11.9. The Balaban J connectivity index is 1.73. The van der Waals surface area contributed by atoms with Crippen molar-refractivity contribution in [2.75, 3.05) is 13.1 Å². The van der Waals surface area contributed by atoms with Crippen LogP contribution in [-0.2, 0) is 4.79 Å². The van der Waals surface area contributed by atoms with Gasteiger partial charge in [0.1, 0.15) is 0 Å². The Morgan fingerprint density at radius 1 is 1.15 bits per heavy atom. The summed E-state index contributed by atoms with van der Waals surface area (Å²) in [5.74, 6) is -0.222. The van der Waals surface area contributed by atoms with E-state index in [1.54, 1.807) is 0 Å². The van der Waals surface area contributed by atoms with Gasteiger partial charge < -0.3 is 11.1 Å². The molecule has 114 valence electrons. The van der Waals surface area contributed by atoms with Gasteiger partial charge in [0, 0.05) is 18.1 Å². The van der Waals surface area contributed by atoms with Gasteiger partial charge in [-0.2, -0.15) is 0 Å². The van der Waals surface area contributed by atoms with E-state index in [1.807, 2.05) is 6.92 Å². The molecule has 2 aliphatic carbocycles. The zero-order valence-corrected chi connectivity index (χ0v) is 12.2. The molecule has 0 saturated heterocycles. The summed E-state index contributed by atoms with van der Waals surface area (Å²) in [6.45, 7) is 3.15. The van der Waals surface area contributed by atoms with Crippen molar-refractivity contribution in [2.45, 2.75) is 63.6 Å². The van der Waals surface area contributed by atoms with Gasteiger partial charge in [-0.3, -0.25) is 15.0 Å². The molecule has 0 heterocycles. The van der Waals surface area contributed by atoms with Gasteiger partial charge >= 0.3 is 6.03 Å². The fourth-order valence-electron chi connectivity index (χ4n) is 2.77. The smallest absolute Gasteiger partial charge is 0.321 e. The molecule has 0 radical (unpaired) electrons. The molecule has 6 heteroatoms. The van der Waals surface area contributed by atoms with Crippen molar-refractivity contribution in [3.05, 3.63) is 0 Å². The molecule has 0 aromatic rings. The van der Waals surface area contributed by atoms with E-state index in [0.717, 1.165) is 45.1 Å². The van der Waals surface area contributed by atoms with Crippen LogP contribution in [0.4, 0.5) is 4.79 Å². The van der Waals surface area contributed by atoms with E-state index in [1.165, 1.54) is 0 Å². The molecule has 0 bridgehead atoms. The van der Waals surface area contributed by atoms with E-state index in [2.05, 4.69) is 15.5 Å². The van der Waals surface area contributed by atoms with E-state index in [4.69, 9.17) is 5.73 Å². The number of hydrogen-bond donors (Lipinski definition) is 3. The Labute approximate surface area is 120 Å². The topological polar surface area (TPSA) is 87.5 Å². The van der Waals surface area contributed by atoms with Crippen LogP contribution in [0, 0.1) is 0 Å². The Bertz CT molecular complexity index is 349. The zero-order chi connectivity index (χ0) is 14.5. The van der Waals surface area contributed by atoms with Crippen LogP contribution in [0.1, 0.15) is 45.4 Å². The molecule has 0 aliphatic heterocycles. The summed E-state index contributed by atoms with van der Waals surface area (Å²) in [4.78, 5) is 25.6. The molecule has 0 aromatic heterocycles. The number of urea groups is 1. The van der Waals surface area contributed by atoms with Crippen LogP contribution in [0.3, 0.4) is 0 Å². The van der Waals surface area contributed by atoms with Crippen molar-refractivity contribution < 1.29 is 9.59 Å². The Kier molecular flexibility index (Phi) is 5.37. The first-order chi connectivity index (χ1) is 9.58. The molecule has 2 saturated carbocycles. The molecule has 2 rings (SSSR count). The fourth-order valence-corrected chi connectivity index (χ4v) is 2.77.